The maximum absolute atomic E-state index is 12.3. The Morgan fingerprint density at radius 2 is 1.19 bits per heavy atom. The Morgan fingerprint density at radius 1 is 0.625 bits per heavy atom. The number of hydrogen-bond acceptors (Lipinski definition) is 3. The van der Waals surface area contributed by atoms with Crippen molar-refractivity contribution in [1.29, 1.82) is 0 Å². The number of aryl methyl sites for hydroxylation is 1. The van der Waals surface area contributed by atoms with Crippen LogP contribution >= 0.6 is 0 Å². The highest BCUT2D eigenvalue weighted by Crippen LogP contribution is 2.17. The van der Waals surface area contributed by atoms with Crippen molar-refractivity contribution >= 4 is 9.84 Å². The molecule has 0 saturated heterocycles. The van der Waals surface area contributed by atoms with Crippen LogP contribution in [0.25, 0.3) is 0 Å². The van der Waals surface area contributed by atoms with Gasteiger partial charge in [-0.1, -0.05) is 94.8 Å². The van der Waals surface area contributed by atoms with Gasteiger partial charge in [-0.3, -0.25) is 0 Å². The molecule has 0 N–H and O–H groups in total. The lowest BCUT2D eigenvalue weighted by atomic mass is 10.1. The van der Waals surface area contributed by atoms with E-state index in [0.29, 0.717) is 17.9 Å². The Morgan fingerprint density at radius 3 is 1.78 bits per heavy atom. The zero-order valence-electron chi connectivity index (χ0n) is 20.0. The monoisotopic (exact) mass is 454 g/mol. The first-order valence-corrected chi connectivity index (χ1v) is 13.3. The molecule has 0 fully saturated rings. The minimum Gasteiger partial charge on any atom is -0.489 e. The molecule has 0 bridgehead atoms. The van der Waals surface area contributed by atoms with Crippen molar-refractivity contribution in [3.05, 3.63) is 96.1 Å². The van der Waals surface area contributed by atoms with Gasteiger partial charge in [0.15, 0.2) is 9.84 Å². The fourth-order valence-electron chi connectivity index (χ4n) is 3.04. The molecule has 3 aromatic rings. The lowest BCUT2D eigenvalue weighted by molar-refractivity contribution is 0.306. The summed E-state index contributed by atoms with van der Waals surface area (Å²) < 4.78 is 30.3. The molecule has 4 heteroatoms. The van der Waals surface area contributed by atoms with E-state index in [1.165, 1.54) is 5.56 Å². The molecular formula is C28H38O3S. The van der Waals surface area contributed by atoms with Crippen molar-refractivity contribution in [2.45, 2.75) is 64.9 Å². The van der Waals surface area contributed by atoms with E-state index < -0.39 is 9.84 Å². The molecule has 0 heterocycles. The molecule has 32 heavy (non-hydrogen) atoms. The Hall–Kier alpha value is -2.59. The third kappa shape index (κ3) is 10.1. The van der Waals surface area contributed by atoms with E-state index in [-0.39, 0.29) is 5.75 Å². The zero-order chi connectivity index (χ0) is 23.7. The Balaban J connectivity index is 0.00000121. The van der Waals surface area contributed by atoms with Crippen molar-refractivity contribution in [1.82, 2.24) is 0 Å². The summed E-state index contributed by atoms with van der Waals surface area (Å²) in [4.78, 5) is 0.418. The fraction of sp³-hybridized carbons (Fsp3) is 0.357. The molecule has 0 aromatic heterocycles. The number of sulfone groups is 1. The van der Waals surface area contributed by atoms with Crippen molar-refractivity contribution in [2.75, 3.05) is 5.75 Å². The predicted molar refractivity (Wildman–Crippen MR) is 136 cm³/mol. The first-order valence-electron chi connectivity index (χ1n) is 11.7. The Bertz CT molecular complexity index is 935. The number of rotatable bonds is 10. The molecule has 0 unspecified atom stereocenters. The van der Waals surface area contributed by atoms with Gasteiger partial charge in [0.1, 0.15) is 12.4 Å². The lowest BCUT2D eigenvalue weighted by Gasteiger charge is -2.08. The molecule has 0 radical (unpaired) electrons. The first kappa shape index (κ1) is 27.4. The number of benzene rings is 3. The van der Waals surface area contributed by atoms with Crippen LogP contribution in [0.2, 0.25) is 0 Å². The van der Waals surface area contributed by atoms with Crippen molar-refractivity contribution < 1.29 is 13.2 Å². The SMILES string of the molecule is CC.CC.O=S(=O)(CCCCCc1ccc(OCc2ccccc2)cc1)c1ccccc1. The van der Waals surface area contributed by atoms with Crippen LogP contribution in [0.3, 0.4) is 0 Å². The smallest absolute Gasteiger partial charge is 0.178 e. The highest BCUT2D eigenvalue weighted by atomic mass is 32.2. The van der Waals surface area contributed by atoms with Gasteiger partial charge in [0.25, 0.3) is 0 Å². The van der Waals surface area contributed by atoms with Gasteiger partial charge in [0.05, 0.1) is 10.6 Å². The van der Waals surface area contributed by atoms with Gasteiger partial charge >= 0.3 is 0 Å². The summed E-state index contributed by atoms with van der Waals surface area (Å²) in [5, 5.41) is 0. The summed E-state index contributed by atoms with van der Waals surface area (Å²) in [6, 6.07) is 27.0. The van der Waals surface area contributed by atoms with Crippen LogP contribution in [0.1, 0.15) is 58.1 Å². The second-order valence-corrected chi connectivity index (χ2v) is 8.97. The van der Waals surface area contributed by atoms with E-state index in [4.69, 9.17) is 4.74 Å². The van der Waals surface area contributed by atoms with Crippen LogP contribution in [-0.2, 0) is 22.9 Å². The Kier molecular flexibility index (Phi) is 13.8. The summed E-state index contributed by atoms with van der Waals surface area (Å²) in [5.41, 5.74) is 2.40. The molecule has 3 aromatic carbocycles. The largest absolute Gasteiger partial charge is 0.489 e. The van der Waals surface area contributed by atoms with Crippen LogP contribution in [-0.4, -0.2) is 14.2 Å². The van der Waals surface area contributed by atoms with Crippen LogP contribution in [0.4, 0.5) is 0 Å². The van der Waals surface area contributed by atoms with Gasteiger partial charge in [-0.05, 0) is 54.7 Å². The van der Waals surface area contributed by atoms with Gasteiger partial charge in [-0.15, -0.1) is 0 Å². The summed E-state index contributed by atoms with van der Waals surface area (Å²) in [7, 11) is -3.16. The quantitative estimate of drug-likeness (QED) is 0.298. The molecular weight excluding hydrogens is 416 g/mol. The van der Waals surface area contributed by atoms with Gasteiger partial charge in [0.2, 0.25) is 0 Å². The topological polar surface area (TPSA) is 43.4 Å². The highest BCUT2D eigenvalue weighted by molar-refractivity contribution is 7.91. The highest BCUT2D eigenvalue weighted by Gasteiger charge is 2.12. The van der Waals surface area contributed by atoms with Crippen LogP contribution in [0.15, 0.2) is 89.8 Å². The number of ether oxygens (including phenoxy) is 1. The van der Waals surface area contributed by atoms with Crippen molar-refractivity contribution in [3.8, 4) is 5.75 Å². The van der Waals surface area contributed by atoms with E-state index in [1.54, 1.807) is 24.3 Å². The van der Waals surface area contributed by atoms with Crippen LogP contribution in [0.5, 0.6) is 5.75 Å². The van der Waals surface area contributed by atoms with E-state index in [2.05, 4.69) is 12.1 Å². The Labute approximate surface area is 195 Å². The third-order valence-corrected chi connectivity index (χ3v) is 6.47. The summed E-state index contributed by atoms with van der Waals surface area (Å²) in [6.07, 6.45) is 3.52. The predicted octanol–water partition coefficient (Wildman–Crippen LogP) is 7.50. The zero-order valence-corrected chi connectivity index (χ0v) is 20.8. The van der Waals surface area contributed by atoms with E-state index in [0.717, 1.165) is 30.6 Å². The minimum absolute atomic E-state index is 0.212. The number of hydrogen-bond donors (Lipinski definition) is 0. The third-order valence-electron chi connectivity index (χ3n) is 4.65. The number of unbranched alkanes of at least 4 members (excludes halogenated alkanes) is 2. The van der Waals surface area contributed by atoms with Gasteiger partial charge in [0, 0.05) is 0 Å². The van der Waals surface area contributed by atoms with E-state index in [9.17, 15) is 8.42 Å². The molecule has 0 saturated carbocycles. The molecule has 0 aliphatic carbocycles. The average molecular weight is 455 g/mol. The second-order valence-electron chi connectivity index (χ2n) is 6.86. The lowest BCUT2D eigenvalue weighted by Crippen LogP contribution is -2.06. The summed E-state index contributed by atoms with van der Waals surface area (Å²) >= 11 is 0. The minimum atomic E-state index is -3.16. The molecule has 3 nitrogen and oxygen atoms in total. The standard InChI is InChI=1S/C24H26O3S.2C2H6/c25-28(26,24-13-7-2-8-14-24)19-9-3-6-10-21-15-17-23(18-16-21)27-20-22-11-4-1-5-12-22;2*1-2/h1-2,4-5,7-8,11-18H,3,6,9-10,19-20H2;2*1-2H3. The molecule has 174 valence electrons. The first-order chi connectivity index (χ1) is 15.6. The second kappa shape index (κ2) is 16.1. The normalized spacial score (nSPS) is 10.2. The van der Waals surface area contributed by atoms with Crippen molar-refractivity contribution in [2.24, 2.45) is 0 Å². The van der Waals surface area contributed by atoms with Crippen LogP contribution < -0.4 is 4.74 Å². The average Bonchev–Trinajstić information content (AvgIpc) is 2.87. The van der Waals surface area contributed by atoms with Crippen molar-refractivity contribution in [3.63, 3.8) is 0 Å². The molecule has 0 aliphatic heterocycles. The molecule has 3 rings (SSSR count). The van der Waals surface area contributed by atoms with Gasteiger partial charge < -0.3 is 4.74 Å². The molecule has 0 amide bonds. The molecule has 0 aliphatic rings. The van der Waals surface area contributed by atoms with Crippen LogP contribution in [0, 0.1) is 0 Å². The van der Waals surface area contributed by atoms with E-state index in [1.807, 2.05) is 76.2 Å². The maximum atomic E-state index is 12.3. The van der Waals surface area contributed by atoms with Gasteiger partial charge in [-0.2, -0.15) is 0 Å². The molecule has 0 atom stereocenters. The maximum Gasteiger partial charge on any atom is 0.178 e. The summed E-state index contributed by atoms with van der Waals surface area (Å²) in [5.74, 6) is 1.07. The molecule has 0 spiro atoms. The summed E-state index contributed by atoms with van der Waals surface area (Å²) in [6.45, 7) is 8.57. The fourth-order valence-corrected chi connectivity index (χ4v) is 4.43. The van der Waals surface area contributed by atoms with Gasteiger partial charge in [-0.25, -0.2) is 8.42 Å². The van der Waals surface area contributed by atoms with E-state index >= 15 is 0 Å².